The maximum atomic E-state index is 13.8. The van der Waals surface area contributed by atoms with E-state index < -0.39 is 11.6 Å². The van der Waals surface area contributed by atoms with E-state index in [1.54, 1.807) is 0 Å². The van der Waals surface area contributed by atoms with E-state index in [-0.39, 0.29) is 35.9 Å². The van der Waals surface area contributed by atoms with Crippen molar-refractivity contribution >= 4 is 29.9 Å². The molecule has 2 aromatic rings. The van der Waals surface area contributed by atoms with Gasteiger partial charge in [0.15, 0.2) is 5.96 Å². The second-order valence-electron chi connectivity index (χ2n) is 6.16. The largest absolute Gasteiger partial charge is 0.493 e. The Morgan fingerprint density at radius 2 is 2.08 bits per heavy atom. The summed E-state index contributed by atoms with van der Waals surface area (Å²) >= 11 is 0. The molecule has 0 amide bonds. The lowest BCUT2D eigenvalue weighted by Gasteiger charge is -2.27. The van der Waals surface area contributed by atoms with Crippen LogP contribution in [-0.2, 0) is 0 Å². The summed E-state index contributed by atoms with van der Waals surface area (Å²) in [4.78, 5) is 4.31. The number of para-hydroxylation sites is 1. The zero-order valence-corrected chi connectivity index (χ0v) is 16.7. The van der Waals surface area contributed by atoms with Gasteiger partial charge in [-0.3, -0.25) is 4.99 Å². The van der Waals surface area contributed by atoms with E-state index in [2.05, 4.69) is 10.3 Å². The van der Waals surface area contributed by atoms with Gasteiger partial charge in [0.2, 0.25) is 0 Å². The zero-order valence-electron chi connectivity index (χ0n) is 14.4. The Morgan fingerprint density at radius 3 is 2.85 bits per heavy atom. The van der Waals surface area contributed by atoms with Gasteiger partial charge in [0.05, 0.1) is 12.6 Å². The highest BCUT2D eigenvalue weighted by Crippen LogP contribution is 2.31. The Bertz CT molecular complexity index is 785. The van der Waals surface area contributed by atoms with E-state index in [4.69, 9.17) is 10.5 Å². The summed E-state index contributed by atoms with van der Waals surface area (Å²) in [6.07, 6.45) is 0.787. The van der Waals surface area contributed by atoms with Crippen LogP contribution in [0.15, 0.2) is 47.5 Å². The fraction of sp³-hybridized carbons (Fsp3) is 0.316. The molecule has 0 spiro atoms. The molecule has 2 atom stereocenters. The van der Waals surface area contributed by atoms with Crippen LogP contribution in [0.3, 0.4) is 0 Å². The van der Waals surface area contributed by atoms with Crippen molar-refractivity contribution in [2.45, 2.75) is 25.3 Å². The van der Waals surface area contributed by atoms with Crippen LogP contribution >= 0.6 is 24.0 Å². The summed E-state index contributed by atoms with van der Waals surface area (Å²) in [5.74, 6) is -0.205. The Labute approximate surface area is 168 Å². The maximum Gasteiger partial charge on any atom is 0.189 e. The number of nitrogens with two attached hydrogens (primary N) is 1. The fourth-order valence-corrected chi connectivity index (χ4v) is 2.95. The molecule has 1 heterocycles. The van der Waals surface area contributed by atoms with Gasteiger partial charge in [-0.2, -0.15) is 0 Å². The van der Waals surface area contributed by atoms with Crippen LogP contribution < -0.4 is 15.8 Å². The van der Waals surface area contributed by atoms with E-state index in [9.17, 15) is 8.78 Å². The number of nitrogens with zero attached hydrogens (tertiary/aromatic N) is 1. The van der Waals surface area contributed by atoms with E-state index in [0.717, 1.165) is 23.8 Å². The number of nitrogens with one attached hydrogen (secondary N) is 1. The molecule has 7 heteroatoms. The van der Waals surface area contributed by atoms with Crippen LogP contribution in [0.1, 0.15) is 36.4 Å². The number of hydrogen-bond acceptors (Lipinski definition) is 2. The Hall–Kier alpha value is -1.90. The number of fused-ring (bicyclic) bond motifs is 1. The summed E-state index contributed by atoms with van der Waals surface area (Å²) in [6, 6.07) is 11.4. The van der Waals surface area contributed by atoms with Crippen LogP contribution in [0.25, 0.3) is 0 Å². The van der Waals surface area contributed by atoms with Crippen molar-refractivity contribution in [2.24, 2.45) is 10.7 Å². The first-order chi connectivity index (χ1) is 12.0. The first-order valence-corrected chi connectivity index (χ1v) is 8.27. The Kier molecular flexibility index (Phi) is 7.19. The number of hydrogen-bond donors (Lipinski definition) is 2. The number of aliphatic imine (C=N–C) groups is 1. The summed E-state index contributed by atoms with van der Waals surface area (Å²) in [6.45, 7) is 2.75. The average Bonchev–Trinajstić information content (AvgIpc) is 2.60. The summed E-state index contributed by atoms with van der Waals surface area (Å²) in [5, 5.41) is 3.20. The van der Waals surface area contributed by atoms with E-state index in [1.807, 2.05) is 31.2 Å². The van der Waals surface area contributed by atoms with Crippen molar-refractivity contribution in [3.63, 3.8) is 0 Å². The number of ether oxygens (including phenoxy) is 1. The first kappa shape index (κ1) is 20.4. The van der Waals surface area contributed by atoms with Crippen LogP contribution in [-0.4, -0.2) is 19.1 Å². The highest BCUT2D eigenvalue weighted by atomic mass is 127. The summed E-state index contributed by atoms with van der Waals surface area (Å²) in [7, 11) is 0. The summed E-state index contributed by atoms with van der Waals surface area (Å²) < 4.78 is 32.4. The van der Waals surface area contributed by atoms with Crippen molar-refractivity contribution in [1.82, 2.24) is 5.32 Å². The van der Waals surface area contributed by atoms with Crippen molar-refractivity contribution in [3.05, 3.63) is 65.2 Å². The number of rotatable bonds is 4. The topological polar surface area (TPSA) is 59.6 Å². The van der Waals surface area contributed by atoms with E-state index >= 15 is 0 Å². The molecule has 3 N–H and O–H groups in total. The van der Waals surface area contributed by atoms with Gasteiger partial charge >= 0.3 is 0 Å². The molecule has 0 fully saturated rings. The predicted molar refractivity (Wildman–Crippen MR) is 109 cm³/mol. The molecule has 3 rings (SSSR count). The fourth-order valence-electron chi connectivity index (χ4n) is 2.95. The van der Waals surface area contributed by atoms with Crippen LogP contribution in [0.5, 0.6) is 5.75 Å². The third-order valence-corrected chi connectivity index (χ3v) is 4.31. The molecule has 0 saturated heterocycles. The second-order valence-corrected chi connectivity index (χ2v) is 6.16. The highest BCUT2D eigenvalue weighted by Gasteiger charge is 2.21. The third-order valence-electron chi connectivity index (χ3n) is 4.31. The van der Waals surface area contributed by atoms with Gasteiger partial charge in [-0.05, 0) is 17.7 Å². The molecule has 1 aliphatic heterocycles. The molecule has 0 bridgehead atoms. The molecular weight excluding hydrogens is 451 g/mol. The van der Waals surface area contributed by atoms with Gasteiger partial charge in [0, 0.05) is 30.5 Å². The van der Waals surface area contributed by atoms with Crippen molar-refractivity contribution < 1.29 is 13.5 Å². The maximum absolute atomic E-state index is 13.8. The van der Waals surface area contributed by atoms with Crippen LogP contribution in [0, 0.1) is 11.6 Å². The van der Waals surface area contributed by atoms with Crippen LogP contribution in [0.4, 0.5) is 8.78 Å². The zero-order chi connectivity index (χ0) is 17.8. The van der Waals surface area contributed by atoms with Crippen molar-refractivity contribution in [3.8, 4) is 5.75 Å². The van der Waals surface area contributed by atoms with Gasteiger partial charge in [-0.1, -0.05) is 31.2 Å². The first-order valence-electron chi connectivity index (χ1n) is 8.27. The normalized spacial score (nSPS) is 17.5. The minimum atomic E-state index is -0.587. The summed E-state index contributed by atoms with van der Waals surface area (Å²) in [5.41, 5.74) is 7.47. The smallest absolute Gasteiger partial charge is 0.189 e. The molecule has 0 saturated carbocycles. The van der Waals surface area contributed by atoms with Crippen molar-refractivity contribution in [2.75, 3.05) is 13.2 Å². The lowest BCUT2D eigenvalue weighted by molar-refractivity contribution is 0.262. The quantitative estimate of drug-likeness (QED) is 0.399. The average molecular weight is 473 g/mol. The van der Waals surface area contributed by atoms with Gasteiger partial charge in [0.25, 0.3) is 0 Å². The minimum Gasteiger partial charge on any atom is -0.493 e. The monoisotopic (exact) mass is 473 g/mol. The van der Waals surface area contributed by atoms with Crippen LogP contribution in [0.2, 0.25) is 0 Å². The number of halogens is 3. The Balaban J connectivity index is 0.00000243. The Morgan fingerprint density at radius 1 is 1.31 bits per heavy atom. The second kappa shape index (κ2) is 9.16. The molecule has 0 aromatic heterocycles. The molecule has 140 valence electrons. The standard InChI is InChI=1S/C19H21F2N3O.HI/c1-12(14-7-6-13(20)10-16(14)21)11-23-19(22)24-17-8-9-25-18-5-3-2-4-15(17)18;/h2-7,10,12,17H,8-9,11H2,1H3,(H3,22,23,24);1H. The molecule has 1 aliphatic rings. The molecule has 26 heavy (non-hydrogen) atoms. The minimum absolute atomic E-state index is 0. The van der Waals surface area contributed by atoms with Gasteiger partial charge in [-0.25, -0.2) is 8.78 Å². The molecular formula is C19H22F2IN3O. The van der Waals surface area contributed by atoms with E-state index in [0.29, 0.717) is 24.7 Å². The third kappa shape index (κ3) is 4.84. The van der Waals surface area contributed by atoms with Gasteiger partial charge < -0.3 is 15.8 Å². The highest BCUT2D eigenvalue weighted by molar-refractivity contribution is 14.0. The molecule has 4 nitrogen and oxygen atoms in total. The van der Waals surface area contributed by atoms with Crippen molar-refractivity contribution in [1.29, 1.82) is 0 Å². The number of guanidine groups is 1. The predicted octanol–water partition coefficient (Wildman–Crippen LogP) is 4.11. The van der Waals surface area contributed by atoms with Gasteiger partial charge in [0.1, 0.15) is 17.4 Å². The SMILES string of the molecule is CC(CN=C(N)NC1CCOc2ccccc21)c1ccc(F)cc1F.I. The lowest BCUT2D eigenvalue weighted by atomic mass is 10.0. The van der Waals surface area contributed by atoms with E-state index in [1.165, 1.54) is 12.1 Å². The molecule has 0 radical (unpaired) electrons. The lowest BCUT2D eigenvalue weighted by Crippen LogP contribution is -2.37. The molecule has 0 aliphatic carbocycles. The molecule has 2 unspecified atom stereocenters. The number of benzene rings is 2. The van der Waals surface area contributed by atoms with Gasteiger partial charge in [-0.15, -0.1) is 24.0 Å². The molecule has 2 aromatic carbocycles.